The molecular formula is C30H33F6N3OSSi. The van der Waals surface area contributed by atoms with Crippen LogP contribution in [0.5, 0.6) is 0 Å². The summed E-state index contributed by atoms with van der Waals surface area (Å²) in [6, 6.07) is 21.5. The minimum atomic E-state index is -4.94. The van der Waals surface area contributed by atoms with Crippen molar-refractivity contribution in [1.82, 2.24) is 10.6 Å². The molecule has 0 spiro atoms. The predicted molar refractivity (Wildman–Crippen MR) is 160 cm³/mol. The summed E-state index contributed by atoms with van der Waals surface area (Å²) in [5.74, 6) is 0. The molecule has 1 aliphatic heterocycles. The van der Waals surface area contributed by atoms with Crippen molar-refractivity contribution in [3.63, 3.8) is 0 Å². The highest BCUT2D eigenvalue weighted by Crippen LogP contribution is 2.38. The lowest BCUT2D eigenvalue weighted by molar-refractivity contribution is -0.143. The van der Waals surface area contributed by atoms with Gasteiger partial charge in [-0.25, -0.2) is 0 Å². The number of hydrogen-bond donors (Lipinski definition) is 3. The molecule has 0 amide bonds. The van der Waals surface area contributed by atoms with Crippen LogP contribution in [0.4, 0.5) is 32.0 Å². The van der Waals surface area contributed by atoms with E-state index in [1.807, 2.05) is 36.4 Å². The monoisotopic (exact) mass is 625 g/mol. The van der Waals surface area contributed by atoms with Crippen LogP contribution in [0.15, 0.2) is 78.9 Å². The van der Waals surface area contributed by atoms with Crippen molar-refractivity contribution in [2.24, 2.45) is 0 Å². The van der Waals surface area contributed by atoms with Gasteiger partial charge < -0.3 is 20.4 Å². The molecule has 12 heteroatoms. The summed E-state index contributed by atoms with van der Waals surface area (Å²) in [5, 5.41) is 11.0. The molecule has 0 aliphatic carbocycles. The summed E-state index contributed by atoms with van der Waals surface area (Å²) in [5.41, 5.74) is -3.22. The normalized spacial score (nSPS) is 18.1. The smallest absolute Gasteiger partial charge is 0.406 e. The van der Waals surface area contributed by atoms with E-state index in [1.54, 1.807) is 0 Å². The largest absolute Gasteiger partial charge is 0.416 e. The Bertz CT molecular complexity index is 1290. The molecule has 3 aromatic rings. The number of halogens is 6. The highest BCUT2D eigenvalue weighted by atomic mass is 32.1. The highest BCUT2D eigenvalue weighted by Gasteiger charge is 2.50. The second-order valence-corrected chi connectivity index (χ2v) is 16.1. The third-order valence-corrected chi connectivity index (χ3v) is 12.5. The van der Waals surface area contributed by atoms with E-state index >= 15 is 0 Å². The van der Waals surface area contributed by atoms with Gasteiger partial charge in [-0.3, -0.25) is 0 Å². The molecule has 1 saturated heterocycles. The Morgan fingerprint density at radius 2 is 1.36 bits per heavy atom. The molecule has 42 heavy (non-hydrogen) atoms. The van der Waals surface area contributed by atoms with Crippen LogP contribution in [0.2, 0.25) is 5.04 Å². The number of nitrogens with one attached hydrogen (secondary N) is 3. The van der Waals surface area contributed by atoms with Crippen LogP contribution in [0.3, 0.4) is 0 Å². The molecule has 226 valence electrons. The van der Waals surface area contributed by atoms with Gasteiger partial charge in [0.2, 0.25) is 0 Å². The van der Waals surface area contributed by atoms with Crippen molar-refractivity contribution in [1.29, 1.82) is 0 Å². The zero-order valence-electron chi connectivity index (χ0n) is 23.4. The Morgan fingerprint density at radius 1 is 0.857 bits per heavy atom. The molecule has 3 aromatic carbocycles. The quantitative estimate of drug-likeness (QED) is 0.163. The van der Waals surface area contributed by atoms with E-state index in [2.05, 4.69) is 61.0 Å². The number of hydrogen-bond acceptors (Lipinski definition) is 3. The van der Waals surface area contributed by atoms with E-state index in [-0.39, 0.29) is 28.3 Å². The van der Waals surface area contributed by atoms with E-state index < -0.39 is 37.5 Å². The Balaban J connectivity index is 1.45. The van der Waals surface area contributed by atoms with Crippen LogP contribution in [0, 0.1) is 0 Å². The SMILES string of the molecule is CC(C)(C)[Si](OC[C@@H]1C[C@@H](NC(=S)Nc2cc(C(F)(F)F)cc(C(F)(F)F)c2)CN1)(c1ccccc1)c1ccccc1. The summed E-state index contributed by atoms with van der Waals surface area (Å²) in [6.07, 6.45) is -9.29. The second kappa shape index (κ2) is 12.4. The van der Waals surface area contributed by atoms with Crippen LogP contribution in [0.25, 0.3) is 0 Å². The van der Waals surface area contributed by atoms with Crippen molar-refractivity contribution in [3.05, 3.63) is 90.0 Å². The van der Waals surface area contributed by atoms with Crippen molar-refractivity contribution in [3.8, 4) is 0 Å². The van der Waals surface area contributed by atoms with Crippen LogP contribution < -0.4 is 26.3 Å². The van der Waals surface area contributed by atoms with Gasteiger partial charge in [-0.1, -0.05) is 81.4 Å². The molecule has 4 nitrogen and oxygen atoms in total. The van der Waals surface area contributed by atoms with Crippen LogP contribution in [0.1, 0.15) is 38.3 Å². The first kappa shape index (κ1) is 32.0. The molecule has 4 rings (SSSR count). The lowest BCUT2D eigenvalue weighted by Crippen LogP contribution is -2.67. The summed E-state index contributed by atoms with van der Waals surface area (Å²) >= 11 is 5.25. The third-order valence-electron chi connectivity index (χ3n) is 7.32. The van der Waals surface area contributed by atoms with Gasteiger partial charge in [0, 0.05) is 24.3 Å². The predicted octanol–water partition coefficient (Wildman–Crippen LogP) is 6.32. The lowest BCUT2D eigenvalue weighted by atomic mass is 10.1. The fraction of sp³-hybridized carbons (Fsp3) is 0.367. The standard InChI is InChI=1S/C30H33F6N3OSSi/c1-28(2,3)42(25-10-6-4-7-11-25,26-12-8-5-9-13-26)40-19-24-17-23(18-37-24)39-27(41)38-22-15-20(29(31,32)33)14-21(16-22)30(34,35)36/h4-16,23-24,37H,17-19H2,1-3H3,(H2,38,39,41)/t23-,24+/m1/s1. The maximum Gasteiger partial charge on any atom is 0.416 e. The third kappa shape index (κ3) is 7.34. The Labute approximate surface area is 248 Å². The molecule has 0 radical (unpaired) electrons. The van der Waals surface area contributed by atoms with E-state index in [4.69, 9.17) is 16.6 Å². The van der Waals surface area contributed by atoms with Crippen molar-refractivity contribution < 1.29 is 30.8 Å². The highest BCUT2D eigenvalue weighted by molar-refractivity contribution is 7.80. The number of anilines is 1. The zero-order chi connectivity index (χ0) is 30.8. The van der Waals surface area contributed by atoms with Gasteiger partial charge in [0.1, 0.15) is 0 Å². The van der Waals surface area contributed by atoms with Gasteiger partial charge in [-0.15, -0.1) is 0 Å². The van der Waals surface area contributed by atoms with Crippen molar-refractivity contribution in [2.75, 3.05) is 18.5 Å². The van der Waals surface area contributed by atoms with E-state index in [0.717, 1.165) is 10.4 Å². The minimum absolute atomic E-state index is 0.0441. The molecule has 1 aliphatic rings. The molecule has 0 unspecified atom stereocenters. The average molecular weight is 626 g/mol. The molecule has 0 bridgehead atoms. The molecule has 0 aromatic heterocycles. The summed E-state index contributed by atoms with van der Waals surface area (Å²) in [4.78, 5) is 0. The summed E-state index contributed by atoms with van der Waals surface area (Å²) < 4.78 is 86.4. The Morgan fingerprint density at radius 3 is 1.81 bits per heavy atom. The van der Waals surface area contributed by atoms with Crippen LogP contribution in [-0.2, 0) is 16.8 Å². The van der Waals surface area contributed by atoms with Gasteiger partial charge in [-0.05, 0) is 52.2 Å². The zero-order valence-corrected chi connectivity index (χ0v) is 25.2. The molecule has 2 atom stereocenters. The fourth-order valence-electron chi connectivity index (χ4n) is 5.42. The molecule has 0 saturated carbocycles. The Hall–Kier alpha value is -2.93. The lowest BCUT2D eigenvalue weighted by Gasteiger charge is -2.43. The molecule has 1 heterocycles. The van der Waals surface area contributed by atoms with Gasteiger partial charge in [-0.2, -0.15) is 26.3 Å². The number of benzene rings is 3. The molecular weight excluding hydrogens is 592 g/mol. The van der Waals surface area contributed by atoms with Gasteiger partial charge in [0.25, 0.3) is 8.32 Å². The van der Waals surface area contributed by atoms with Gasteiger partial charge >= 0.3 is 12.4 Å². The summed E-state index contributed by atoms with van der Waals surface area (Å²) in [6.45, 7) is 7.47. The van der Waals surface area contributed by atoms with E-state index in [0.29, 0.717) is 31.7 Å². The van der Waals surface area contributed by atoms with Crippen molar-refractivity contribution in [2.45, 2.75) is 56.7 Å². The average Bonchev–Trinajstić information content (AvgIpc) is 3.35. The first-order chi connectivity index (χ1) is 19.6. The second-order valence-electron chi connectivity index (χ2n) is 11.4. The van der Waals surface area contributed by atoms with Gasteiger partial charge in [0.05, 0.1) is 17.7 Å². The Kier molecular flexibility index (Phi) is 9.41. The van der Waals surface area contributed by atoms with E-state index in [9.17, 15) is 26.3 Å². The summed E-state index contributed by atoms with van der Waals surface area (Å²) in [7, 11) is -2.75. The van der Waals surface area contributed by atoms with Crippen LogP contribution in [-0.4, -0.2) is 38.7 Å². The molecule has 3 N–H and O–H groups in total. The van der Waals surface area contributed by atoms with Gasteiger partial charge in [0.15, 0.2) is 5.11 Å². The van der Waals surface area contributed by atoms with Crippen molar-refractivity contribution >= 4 is 41.7 Å². The first-order valence-corrected chi connectivity index (χ1v) is 15.8. The number of rotatable bonds is 7. The molecule has 1 fully saturated rings. The topological polar surface area (TPSA) is 45.3 Å². The van der Waals surface area contributed by atoms with Crippen LogP contribution >= 0.6 is 12.2 Å². The maximum absolute atomic E-state index is 13.2. The maximum atomic E-state index is 13.2. The van der Waals surface area contributed by atoms with E-state index in [1.165, 1.54) is 0 Å². The number of alkyl halides is 6. The fourth-order valence-corrected chi connectivity index (χ4v) is 10.3. The first-order valence-electron chi connectivity index (χ1n) is 13.4. The number of thiocarbonyl (C=S) groups is 1. The minimum Gasteiger partial charge on any atom is -0.406 e.